The fraction of sp³-hybridized carbons (Fsp3) is 0.364. The van der Waals surface area contributed by atoms with E-state index in [1.165, 1.54) is 0 Å². The van der Waals surface area contributed by atoms with Crippen molar-refractivity contribution < 1.29 is 19.4 Å². The predicted molar refractivity (Wildman–Crippen MR) is 58.3 cm³/mol. The number of carboxylic acid groups (broad SMARTS) is 1. The molecule has 0 aliphatic rings. The van der Waals surface area contributed by atoms with Gasteiger partial charge in [-0.3, -0.25) is 0 Å². The van der Waals surface area contributed by atoms with E-state index in [-0.39, 0.29) is 6.54 Å². The average molecular weight is 225 g/mol. The summed E-state index contributed by atoms with van der Waals surface area (Å²) in [6, 6.07) is 7.06. The number of nitrogens with two attached hydrogens (primary N) is 1. The molecular weight excluding hydrogens is 210 g/mol. The highest BCUT2D eigenvalue weighted by molar-refractivity contribution is 5.73. The Labute approximate surface area is 93.8 Å². The van der Waals surface area contributed by atoms with E-state index < -0.39 is 12.1 Å². The van der Waals surface area contributed by atoms with Crippen molar-refractivity contribution in [2.75, 3.05) is 13.7 Å². The first-order valence-electron chi connectivity index (χ1n) is 4.84. The van der Waals surface area contributed by atoms with E-state index in [1.807, 2.05) is 6.07 Å². The maximum absolute atomic E-state index is 10.7. The van der Waals surface area contributed by atoms with Gasteiger partial charge in [-0.25, -0.2) is 4.79 Å². The van der Waals surface area contributed by atoms with Gasteiger partial charge in [-0.1, -0.05) is 12.1 Å². The Bertz CT molecular complexity index is 354. The number of benzene rings is 1. The fourth-order valence-corrected chi connectivity index (χ4v) is 1.24. The lowest BCUT2D eigenvalue weighted by Gasteiger charge is -2.13. The van der Waals surface area contributed by atoms with Gasteiger partial charge >= 0.3 is 5.97 Å². The highest BCUT2D eigenvalue weighted by atomic mass is 16.5. The van der Waals surface area contributed by atoms with Gasteiger partial charge in [-0.15, -0.1) is 0 Å². The molecule has 0 fully saturated rings. The lowest BCUT2D eigenvalue weighted by Crippen LogP contribution is -2.34. The molecule has 0 spiro atoms. The van der Waals surface area contributed by atoms with E-state index in [9.17, 15) is 4.79 Å². The van der Waals surface area contributed by atoms with Crippen molar-refractivity contribution in [1.82, 2.24) is 0 Å². The molecule has 0 aliphatic heterocycles. The third-order valence-electron chi connectivity index (χ3n) is 1.98. The Balaban J connectivity index is 2.72. The standard InChI is InChI=1S/C11H15NO4/c1-15-7-8-3-2-4-9(5-8)16-10(6-12)11(13)14/h2-5,10H,6-7,12H2,1H3,(H,13,14). The van der Waals surface area contributed by atoms with Crippen LogP contribution in [-0.2, 0) is 16.1 Å². The molecule has 0 saturated heterocycles. The van der Waals surface area contributed by atoms with Gasteiger partial charge in [0.15, 0.2) is 0 Å². The zero-order chi connectivity index (χ0) is 12.0. The molecule has 0 aromatic heterocycles. The minimum atomic E-state index is -1.07. The van der Waals surface area contributed by atoms with Gasteiger partial charge in [0.2, 0.25) is 6.10 Å². The van der Waals surface area contributed by atoms with Crippen molar-refractivity contribution >= 4 is 5.97 Å². The molecular formula is C11H15NO4. The molecule has 0 amide bonds. The molecule has 0 bridgehead atoms. The Hall–Kier alpha value is -1.59. The van der Waals surface area contributed by atoms with Gasteiger partial charge < -0.3 is 20.3 Å². The third-order valence-corrected chi connectivity index (χ3v) is 1.98. The molecule has 0 aliphatic carbocycles. The lowest BCUT2D eigenvalue weighted by molar-refractivity contribution is -0.144. The number of hydrogen-bond acceptors (Lipinski definition) is 4. The van der Waals surface area contributed by atoms with Crippen LogP contribution in [0.25, 0.3) is 0 Å². The highest BCUT2D eigenvalue weighted by Gasteiger charge is 2.16. The molecule has 1 rings (SSSR count). The van der Waals surface area contributed by atoms with Crippen LogP contribution < -0.4 is 10.5 Å². The van der Waals surface area contributed by atoms with Crippen LogP contribution in [0.3, 0.4) is 0 Å². The first-order valence-corrected chi connectivity index (χ1v) is 4.84. The topological polar surface area (TPSA) is 81.8 Å². The molecule has 1 aromatic carbocycles. The first-order chi connectivity index (χ1) is 7.67. The summed E-state index contributed by atoms with van der Waals surface area (Å²) in [5.74, 6) is -0.591. The van der Waals surface area contributed by atoms with Gasteiger partial charge in [0.25, 0.3) is 0 Å². The monoisotopic (exact) mass is 225 g/mol. The summed E-state index contributed by atoms with van der Waals surface area (Å²) in [7, 11) is 1.59. The molecule has 1 atom stereocenters. The number of methoxy groups -OCH3 is 1. The Morgan fingerprint density at radius 3 is 2.88 bits per heavy atom. The van der Waals surface area contributed by atoms with Crippen LogP contribution in [0, 0.1) is 0 Å². The van der Waals surface area contributed by atoms with Crippen molar-refractivity contribution in [3.8, 4) is 5.75 Å². The van der Waals surface area contributed by atoms with E-state index in [1.54, 1.807) is 25.3 Å². The summed E-state index contributed by atoms with van der Waals surface area (Å²) in [5.41, 5.74) is 6.21. The number of carbonyl (C=O) groups is 1. The maximum Gasteiger partial charge on any atom is 0.346 e. The summed E-state index contributed by atoms with van der Waals surface area (Å²) in [5, 5.41) is 8.78. The second kappa shape index (κ2) is 6.09. The summed E-state index contributed by atoms with van der Waals surface area (Å²) in [4.78, 5) is 10.7. The van der Waals surface area contributed by atoms with Gasteiger partial charge in [0.1, 0.15) is 5.75 Å². The first kappa shape index (κ1) is 12.5. The van der Waals surface area contributed by atoms with Crippen molar-refractivity contribution in [2.24, 2.45) is 5.73 Å². The van der Waals surface area contributed by atoms with E-state index in [2.05, 4.69) is 0 Å². The van der Waals surface area contributed by atoms with Crippen LogP contribution in [0.5, 0.6) is 5.75 Å². The fourth-order valence-electron chi connectivity index (χ4n) is 1.24. The van der Waals surface area contributed by atoms with E-state index in [0.29, 0.717) is 12.4 Å². The van der Waals surface area contributed by atoms with Crippen LogP contribution in [0.2, 0.25) is 0 Å². The second-order valence-corrected chi connectivity index (χ2v) is 3.26. The molecule has 3 N–H and O–H groups in total. The molecule has 5 heteroatoms. The van der Waals surface area contributed by atoms with Gasteiger partial charge in [-0.2, -0.15) is 0 Å². The van der Waals surface area contributed by atoms with Crippen LogP contribution in [0.15, 0.2) is 24.3 Å². The van der Waals surface area contributed by atoms with Crippen molar-refractivity contribution in [1.29, 1.82) is 0 Å². The molecule has 88 valence electrons. The zero-order valence-electron chi connectivity index (χ0n) is 9.05. The van der Waals surface area contributed by atoms with E-state index in [0.717, 1.165) is 5.56 Å². The quantitative estimate of drug-likeness (QED) is 0.741. The lowest BCUT2D eigenvalue weighted by atomic mass is 10.2. The van der Waals surface area contributed by atoms with Crippen LogP contribution >= 0.6 is 0 Å². The molecule has 1 unspecified atom stereocenters. The summed E-state index contributed by atoms with van der Waals surface area (Å²) >= 11 is 0. The minimum Gasteiger partial charge on any atom is -0.478 e. The van der Waals surface area contributed by atoms with Crippen molar-refractivity contribution in [3.05, 3.63) is 29.8 Å². The molecule has 5 nitrogen and oxygen atoms in total. The number of hydrogen-bond donors (Lipinski definition) is 2. The smallest absolute Gasteiger partial charge is 0.346 e. The molecule has 16 heavy (non-hydrogen) atoms. The van der Waals surface area contributed by atoms with Gasteiger partial charge in [0.05, 0.1) is 6.61 Å². The zero-order valence-corrected chi connectivity index (χ0v) is 9.05. The molecule has 0 saturated carbocycles. The van der Waals surface area contributed by atoms with Crippen molar-refractivity contribution in [3.63, 3.8) is 0 Å². The van der Waals surface area contributed by atoms with Crippen molar-refractivity contribution in [2.45, 2.75) is 12.7 Å². The number of ether oxygens (including phenoxy) is 2. The summed E-state index contributed by atoms with van der Waals surface area (Å²) < 4.78 is 10.2. The van der Waals surface area contributed by atoms with Crippen LogP contribution in [0.1, 0.15) is 5.56 Å². The average Bonchev–Trinajstić information content (AvgIpc) is 2.26. The number of aliphatic carboxylic acids is 1. The van der Waals surface area contributed by atoms with E-state index in [4.69, 9.17) is 20.3 Å². The summed E-state index contributed by atoms with van der Waals surface area (Å²) in [6.07, 6.45) is -1.02. The normalized spacial score (nSPS) is 12.1. The largest absolute Gasteiger partial charge is 0.478 e. The van der Waals surface area contributed by atoms with E-state index >= 15 is 0 Å². The predicted octanol–water partition coefficient (Wildman–Crippen LogP) is 0.624. The van der Waals surface area contributed by atoms with Crippen LogP contribution in [0.4, 0.5) is 0 Å². The third kappa shape index (κ3) is 3.52. The second-order valence-electron chi connectivity index (χ2n) is 3.26. The number of carboxylic acids is 1. The number of rotatable bonds is 6. The highest BCUT2D eigenvalue weighted by Crippen LogP contribution is 2.15. The van der Waals surface area contributed by atoms with Gasteiger partial charge in [-0.05, 0) is 17.7 Å². The Kier molecular flexibility index (Phi) is 4.75. The molecule has 1 aromatic rings. The Morgan fingerprint density at radius 1 is 1.56 bits per heavy atom. The van der Waals surface area contributed by atoms with Crippen LogP contribution in [-0.4, -0.2) is 30.8 Å². The Morgan fingerprint density at radius 2 is 2.31 bits per heavy atom. The molecule has 0 radical (unpaired) electrons. The minimum absolute atomic E-state index is 0.0656. The SMILES string of the molecule is COCc1cccc(OC(CN)C(=O)O)c1. The summed E-state index contributed by atoms with van der Waals surface area (Å²) in [6.45, 7) is 0.390. The maximum atomic E-state index is 10.7. The molecule has 0 heterocycles. The van der Waals surface area contributed by atoms with Gasteiger partial charge in [0, 0.05) is 13.7 Å².